The Morgan fingerprint density at radius 2 is 1.94 bits per heavy atom. The van der Waals surface area contributed by atoms with Gasteiger partial charge in [0, 0.05) is 0 Å². The summed E-state index contributed by atoms with van der Waals surface area (Å²) in [6.45, 7) is 3.72. The molecule has 2 unspecified atom stereocenters. The summed E-state index contributed by atoms with van der Waals surface area (Å²) in [5, 5.41) is 10.6. The van der Waals surface area contributed by atoms with Crippen LogP contribution in [0.1, 0.15) is 50.2 Å². The summed E-state index contributed by atoms with van der Waals surface area (Å²) in [7, 11) is 0. The summed E-state index contributed by atoms with van der Waals surface area (Å²) in [6.07, 6.45) is 3.51. The minimum absolute atomic E-state index is 0.128. The predicted octanol–water partition coefficient (Wildman–Crippen LogP) is 4.06. The molecule has 1 nitrogen and oxygen atoms in total. The van der Waals surface area contributed by atoms with Gasteiger partial charge in [-0.2, -0.15) is 0 Å². The molecular formula is C15H20F2O. The van der Waals surface area contributed by atoms with Gasteiger partial charge in [-0.05, 0) is 50.2 Å². The van der Waals surface area contributed by atoms with Crippen molar-refractivity contribution in [2.75, 3.05) is 0 Å². The van der Waals surface area contributed by atoms with Crippen LogP contribution >= 0.6 is 0 Å². The standard InChI is InChI=1S/C15H20F2O/c1-10-4-3-8-15(18,9-7-10)13-12(16)6-5-11(2)14(13)17/h5-6,10,18H,3-4,7-9H2,1-2H3. The molecule has 2 rings (SSSR count). The van der Waals surface area contributed by atoms with Gasteiger partial charge in [-0.1, -0.05) is 19.4 Å². The second-order valence-corrected chi connectivity index (χ2v) is 5.62. The molecule has 1 aromatic carbocycles. The molecule has 0 radical (unpaired) electrons. The fourth-order valence-corrected chi connectivity index (χ4v) is 2.83. The number of aliphatic hydroxyl groups is 1. The number of halogens is 2. The van der Waals surface area contributed by atoms with Gasteiger partial charge in [-0.25, -0.2) is 8.78 Å². The first-order chi connectivity index (χ1) is 8.44. The first kappa shape index (κ1) is 13.5. The summed E-state index contributed by atoms with van der Waals surface area (Å²) in [5.41, 5.74) is -1.08. The van der Waals surface area contributed by atoms with E-state index < -0.39 is 17.2 Å². The van der Waals surface area contributed by atoms with E-state index in [0.29, 0.717) is 24.3 Å². The molecule has 0 aliphatic heterocycles. The fourth-order valence-electron chi connectivity index (χ4n) is 2.83. The zero-order valence-corrected chi connectivity index (χ0v) is 11.0. The highest BCUT2D eigenvalue weighted by atomic mass is 19.1. The highest BCUT2D eigenvalue weighted by molar-refractivity contribution is 5.31. The van der Waals surface area contributed by atoms with Crippen LogP contribution in [-0.4, -0.2) is 5.11 Å². The maximum Gasteiger partial charge on any atom is 0.135 e. The van der Waals surface area contributed by atoms with E-state index in [0.717, 1.165) is 19.3 Å². The predicted molar refractivity (Wildman–Crippen MR) is 67.2 cm³/mol. The lowest BCUT2D eigenvalue weighted by molar-refractivity contribution is 0.0127. The van der Waals surface area contributed by atoms with Crippen molar-refractivity contribution in [2.24, 2.45) is 5.92 Å². The van der Waals surface area contributed by atoms with E-state index in [1.807, 2.05) is 0 Å². The minimum Gasteiger partial charge on any atom is -0.385 e. The van der Waals surface area contributed by atoms with Crippen LogP contribution in [0.3, 0.4) is 0 Å². The number of aryl methyl sites for hydroxylation is 1. The SMILES string of the molecule is Cc1ccc(F)c(C2(O)CCCC(C)CC2)c1F. The highest BCUT2D eigenvalue weighted by Crippen LogP contribution is 2.40. The third-order valence-electron chi connectivity index (χ3n) is 4.09. The van der Waals surface area contributed by atoms with Crippen molar-refractivity contribution in [3.8, 4) is 0 Å². The molecule has 3 heteroatoms. The Hall–Kier alpha value is -0.960. The first-order valence-electron chi connectivity index (χ1n) is 6.61. The molecule has 2 atom stereocenters. The summed E-state index contributed by atoms with van der Waals surface area (Å²) in [6, 6.07) is 2.66. The molecule has 1 aromatic rings. The van der Waals surface area contributed by atoms with Gasteiger partial charge >= 0.3 is 0 Å². The average molecular weight is 254 g/mol. The Bertz CT molecular complexity index is 444. The van der Waals surface area contributed by atoms with Crippen molar-refractivity contribution in [1.29, 1.82) is 0 Å². The Kier molecular flexibility index (Phi) is 3.71. The molecule has 1 N–H and O–H groups in total. The largest absolute Gasteiger partial charge is 0.385 e. The lowest BCUT2D eigenvalue weighted by Gasteiger charge is -2.28. The normalized spacial score (nSPS) is 29.1. The van der Waals surface area contributed by atoms with Gasteiger partial charge in [-0.3, -0.25) is 0 Å². The molecule has 0 heterocycles. The van der Waals surface area contributed by atoms with Crippen molar-refractivity contribution in [3.63, 3.8) is 0 Å². The smallest absolute Gasteiger partial charge is 0.135 e. The lowest BCUT2D eigenvalue weighted by Crippen LogP contribution is -2.28. The molecule has 0 amide bonds. The van der Waals surface area contributed by atoms with E-state index in [1.54, 1.807) is 6.92 Å². The molecule has 0 spiro atoms. The van der Waals surface area contributed by atoms with Gasteiger partial charge in [0.25, 0.3) is 0 Å². The van der Waals surface area contributed by atoms with Gasteiger partial charge in [0.2, 0.25) is 0 Å². The van der Waals surface area contributed by atoms with E-state index in [2.05, 4.69) is 6.92 Å². The summed E-state index contributed by atoms with van der Waals surface area (Å²) in [5.74, 6) is -0.711. The van der Waals surface area contributed by atoms with Crippen molar-refractivity contribution >= 4 is 0 Å². The van der Waals surface area contributed by atoms with Crippen molar-refractivity contribution in [2.45, 2.75) is 51.6 Å². The van der Waals surface area contributed by atoms with E-state index in [-0.39, 0.29) is 5.56 Å². The zero-order valence-electron chi connectivity index (χ0n) is 11.0. The summed E-state index contributed by atoms with van der Waals surface area (Å²) < 4.78 is 28.0. The molecule has 1 aliphatic carbocycles. The molecular weight excluding hydrogens is 234 g/mol. The molecule has 0 bridgehead atoms. The topological polar surface area (TPSA) is 20.2 Å². The van der Waals surface area contributed by atoms with E-state index in [1.165, 1.54) is 12.1 Å². The maximum atomic E-state index is 14.1. The summed E-state index contributed by atoms with van der Waals surface area (Å²) >= 11 is 0. The van der Waals surface area contributed by atoms with Crippen LogP contribution in [0, 0.1) is 24.5 Å². The van der Waals surface area contributed by atoms with Gasteiger partial charge < -0.3 is 5.11 Å². The van der Waals surface area contributed by atoms with Crippen LogP contribution in [0.15, 0.2) is 12.1 Å². The lowest BCUT2D eigenvalue weighted by atomic mass is 9.84. The Labute approximate surface area is 107 Å². The molecule has 0 aromatic heterocycles. The van der Waals surface area contributed by atoms with Crippen LogP contribution in [-0.2, 0) is 5.60 Å². The zero-order chi connectivity index (χ0) is 13.3. The quantitative estimate of drug-likeness (QED) is 0.749. The monoisotopic (exact) mass is 254 g/mol. The minimum atomic E-state index is -1.34. The Balaban J connectivity index is 2.43. The van der Waals surface area contributed by atoms with Gasteiger partial charge in [0.05, 0.1) is 11.2 Å². The van der Waals surface area contributed by atoms with Crippen LogP contribution < -0.4 is 0 Å². The van der Waals surface area contributed by atoms with Gasteiger partial charge in [0.1, 0.15) is 11.6 Å². The number of rotatable bonds is 1. The second-order valence-electron chi connectivity index (χ2n) is 5.62. The average Bonchev–Trinajstić information content (AvgIpc) is 2.48. The Morgan fingerprint density at radius 1 is 1.22 bits per heavy atom. The number of benzene rings is 1. The van der Waals surface area contributed by atoms with Gasteiger partial charge in [0.15, 0.2) is 0 Å². The van der Waals surface area contributed by atoms with Crippen LogP contribution in [0.5, 0.6) is 0 Å². The maximum absolute atomic E-state index is 14.1. The molecule has 1 aliphatic rings. The molecule has 1 fully saturated rings. The third-order valence-corrected chi connectivity index (χ3v) is 4.09. The number of hydrogen-bond acceptors (Lipinski definition) is 1. The number of hydrogen-bond donors (Lipinski definition) is 1. The molecule has 18 heavy (non-hydrogen) atoms. The molecule has 0 saturated heterocycles. The van der Waals surface area contributed by atoms with Crippen molar-refractivity contribution < 1.29 is 13.9 Å². The third kappa shape index (κ3) is 2.41. The van der Waals surface area contributed by atoms with E-state index in [4.69, 9.17) is 0 Å². The first-order valence-corrected chi connectivity index (χ1v) is 6.61. The Morgan fingerprint density at radius 3 is 2.67 bits per heavy atom. The summed E-state index contributed by atoms with van der Waals surface area (Å²) in [4.78, 5) is 0. The van der Waals surface area contributed by atoms with Crippen LogP contribution in [0.2, 0.25) is 0 Å². The van der Waals surface area contributed by atoms with Crippen LogP contribution in [0.25, 0.3) is 0 Å². The fraction of sp³-hybridized carbons (Fsp3) is 0.600. The molecule has 100 valence electrons. The van der Waals surface area contributed by atoms with Crippen molar-refractivity contribution in [1.82, 2.24) is 0 Å². The second kappa shape index (κ2) is 4.96. The molecule has 1 saturated carbocycles. The van der Waals surface area contributed by atoms with Crippen molar-refractivity contribution in [3.05, 3.63) is 34.9 Å². The highest BCUT2D eigenvalue weighted by Gasteiger charge is 2.36. The van der Waals surface area contributed by atoms with E-state index >= 15 is 0 Å². The van der Waals surface area contributed by atoms with E-state index in [9.17, 15) is 13.9 Å². The van der Waals surface area contributed by atoms with Gasteiger partial charge in [-0.15, -0.1) is 0 Å². The van der Waals surface area contributed by atoms with Crippen LogP contribution in [0.4, 0.5) is 8.78 Å².